The number of hydrogen-bond acceptors (Lipinski definition) is 3. The molecule has 0 aliphatic carbocycles. The first-order valence-electron chi connectivity index (χ1n) is 4.42. The second-order valence-corrected chi connectivity index (χ2v) is 3.82. The second-order valence-electron chi connectivity index (χ2n) is 3.07. The summed E-state index contributed by atoms with van der Waals surface area (Å²) < 4.78 is 14.6. The molecular weight excluding hydrogens is 295 g/mol. The van der Waals surface area contributed by atoms with E-state index in [1.165, 1.54) is 23.1 Å². The summed E-state index contributed by atoms with van der Waals surface area (Å²) in [5, 5.41) is 14.7. The van der Waals surface area contributed by atoms with Crippen molar-refractivity contribution in [1.82, 2.24) is 14.8 Å². The van der Waals surface area contributed by atoms with Crippen LogP contribution < -0.4 is 5.32 Å². The Morgan fingerprint density at radius 2 is 2.29 bits per heavy atom. The van der Waals surface area contributed by atoms with Crippen molar-refractivity contribution in [2.75, 3.05) is 5.32 Å². The highest BCUT2D eigenvalue weighted by Crippen LogP contribution is 2.22. The number of anilines is 1. The first-order valence-corrected chi connectivity index (χ1v) is 5.21. The fourth-order valence-corrected chi connectivity index (χ4v) is 1.58. The number of rotatable bonds is 2. The first kappa shape index (κ1) is 11.5. The summed E-state index contributed by atoms with van der Waals surface area (Å²) in [6.45, 7) is 0. The number of nitrogens with zero attached hydrogens (tertiary/aromatic N) is 3. The summed E-state index contributed by atoms with van der Waals surface area (Å²) in [7, 11) is 0. The molecule has 2 heterocycles. The number of carboxylic acid groups (broad SMARTS) is 1. The fourth-order valence-electron chi connectivity index (χ4n) is 1.21. The highest BCUT2D eigenvalue weighted by atomic mass is 79.9. The molecule has 6 nitrogen and oxygen atoms in total. The second kappa shape index (κ2) is 4.50. The molecule has 0 aromatic carbocycles. The van der Waals surface area contributed by atoms with Crippen molar-refractivity contribution in [2.45, 2.75) is 0 Å². The van der Waals surface area contributed by atoms with Gasteiger partial charge >= 0.3 is 6.09 Å². The number of aromatic nitrogens is 3. The van der Waals surface area contributed by atoms with Crippen molar-refractivity contribution < 1.29 is 14.3 Å². The minimum atomic E-state index is -1.21. The molecule has 0 saturated heterocycles. The van der Waals surface area contributed by atoms with Gasteiger partial charge in [-0.1, -0.05) is 0 Å². The van der Waals surface area contributed by atoms with Crippen molar-refractivity contribution in [3.8, 4) is 5.69 Å². The molecule has 8 heteroatoms. The Morgan fingerprint density at radius 3 is 2.94 bits per heavy atom. The molecule has 17 heavy (non-hydrogen) atoms. The standard InChI is InChI=1S/C9H6BrFN4O2/c10-8-7(13-9(16)17)4-15(14-8)6-1-5(11)2-12-3-6/h1-4,13H,(H,16,17). The zero-order chi connectivity index (χ0) is 12.4. The van der Waals surface area contributed by atoms with E-state index >= 15 is 0 Å². The predicted molar refractivity (Wildman–Crippen MR) is 60.7 cm³/mol. The summed E-state index contributed by atoms with van der Waals surface area (Å²) in [4.78, 5) is 14.2. The van der Waals surface area contributed by atoms with Crippen LogP contribution in [0.4, 0.5) is 14.9 Å². The lowest BCUT2D eigenvalue weighted by atomic mass is 10.4. The van der Waals surface area contributed by atoms with Crippen molar-refractivity contribution >= 4 is 27.7 Å². The number of nitrogens with one attached hydrogen (secondary N) is 1. The minimum absolute atomic E-state index is 0.266. The molecule has 2 rings (SSSR count). The van der Waals surface area contributed by atoms with Crippen molar-refractivity contribution in [3.05, 3.63) is 35.1 Å². The van der Waals surface area contributed by atoms with Gasteiger partial charge in [-0.05, 0) is 15.9 Å². The average Bonchev–Trinajstić information content (AvgIpc) is 2.59. The van der Waals surface area contributed by atoms with Crippen LogP contribution in [0.3, 0.4) is 0 Å². The Bertz CT molecular complexity index is 572. The summed E-state index contributed by atoms with van der Waals surface area (Å²) in [6.07, 6.45) is 2.68. The quantitative estimate of drug-likeness (QED) is 0.891. The topological polar surface area (TPSA) is 80.0 Å². The molecular formula is C9H6BrFN4O2. The van der Waals surface area contributed by atoms with Crippen molar-refractivity contribution in [1.29, 1.82) is 0 Å². The lowest BCUT2D eigenvalue weighted by Gasteiger charge is -1.99. The normalized spacial score (nSPS) is 10.2. The van der Waals surface area contributed by atoms with Gasteiger partial charge in [0.05, 0.1) is 30.0 Å². The molecule has 0 bridgehead atoms. The van der Waals surface area contributed by atoms with Gasteiger partial charge in [0.2, 0.25) is 0 Å². The van der Waals surface area contributed by atoms with Gasteiger partial charge in [-0.15, -0.1) is 0 Å². The van der Waals surface area contributed by atoms with Crippen LogP contribution in [0.2, 0.25) is 0 Å². The minimum Gasteiger partial charge on any atom is -0.465 e. The molecule has 0 atom stereocenters. The van der Waals surface area contributed by atoms with E-state index in [4.69, 9.17) is 5.11 Å². The molecule has 2 aromatic heterocycles. The van der Waals surface area contributed by atoms with Gasteiger partial charge < -0.3 is 5.11 Å². The van der Waals surface area contributed by atoms with Gasteiger partial charge in [0.15, 0.2) is 4.60 Å². The molecule has 0 radical (unpaired) electrons. The highest BCUT2D eigenvalue weighted by Gasteiger charge is 2.10. The number of pyridine rings is 1. The van der Waals surface area contributed by atoms with Crippen LogP contribution in [-0.4, -0.2) is 26.0 Å². The molecule has 0 spiro atoms. The van der Waals surface area contributed by atoms with Crippen LogP contribution in [0, 0.1) is 5.82 Å². The molecule has 1 amide bonds. The van der Waals surface area contributed by atoms with E-state index in [9.17, 15) is 9.18 Å². The van der Waals surface area contributed by atoms with Gasteiger partial charge in [-0.25, -0.2) is 13.9 Å². The third kappa shape index (κ3) is 2.59. The Kier molecular flexibility index (Phi) is 3.05. The van der Waals surface area contributed by atoms with Gasteiger partial charge in [0.1, 0.15) is 5.82 Å². The highest BCUT2D eigenvalue weighted by molar-refractivity contribution is 9.10. The summed E-state index contributed by atoms with van der Waals surface area (Å²) in [6, 6.07) is 1.23. The predicted octanol–water partition coefficient (Wildman–Crippen LogP) is 2.26. The Balaban J connectivity index is 2.37. The lowest BCUT2D eigenvalue weighted by molar-refractivity contribution is 0.209. The maximum Gasteiger partial charge on any atom is 0.409 e. The zero-order valence-electron chi connectivity index (χ0n) is 8.26. The monoisotopic (exact) mass is 300 g/mol. The third-order valence-electron chi connectivity index (χ3n) is 1.87. The van der Waals surface area contributed by atoms with Gasteiger partial charge in [-0.2, -0.15) is 5.10 Å². The van der Waals surface area contributed by atoms with Crippen LogP contribution in [0.1, 0.15) is 0 Å². The first-order chi connectivity index (χ1) is 8.06. The molecule has 0 aliphatic heterocycles. The van der Waals surface area contributed by atoms with Gasteiger partial charge in [-0.3, -0.25) is 10.3 Å². The number of halogens is 2. The van der Waals surface area contributed by atoms with E-state index in [0.717, 1.165) is 6.20 Å². The smallest absolute Gasteiger partial charge is 0.409 e. The zero-order valence-corrected chi connectivity index (χ0v) is 9.85. The van der Waals surface area contributed by atoms with E-state index in [1.54, 1.807) is 0 Å². The largest absolute Gasteiger partial charge is 0.465 e. The summed E-state index contributed by atoms with van der Waals surface area (Å²) in [5.74, 6) is -0.498. The Hall–Kier alpha value is -1.96. The van der Waals surface area contributed by atoms with Crippen LogP contribution in [-0.2, 0) is 0 Å². The number of amides is 1. The Morgan fingerprint density at radius 1 is 1.53 bits per heavy atom. The van der Waals surface area contributed by atoms with E-state index in [1.807, 2.05) is 0 Å². The van der Waals surface area contributed by atoms with E-state index in [0.29, 0.717) is 10.3 Å². The number of hydrogen-bond donors (Lipinski definition) is 2. The molecule has 2 aromatic rings. The number of carbonyl (C=O) groups is 1. The van der Waals surface area contributed by atoms with Crippen LogP contribution in [0.15, 0.2) is 29.3 Å². The Labute approximate surface area is 103 Å². The van der Waals surface area contributed by atoms with Crippen molar-refractivity contribution in [2.24, 2.45) is 0 Å². The summed E-state index contributed by atoms with van der Waals surface area (Å²) >= 11 is 3.09. The molecule has 0 saturated carbocycles. The van der Waals surface area contributed by atoms with E-state index < -0.39 is 11.9 Å². The van der Waals surface area contributed by atoms with Crippen LogP contribution in [0.25, 0.3) is 5.69 Å². The van der Waals surface area contributed by atoms with Crippen molar-refractivity contribution in [3.63, 3.8) is 0 Å². The van der Waals surface area contributed by atoms with Crippen LogP contribution in [0.5, 0.6) is 0 Å². The molecule has 2 N–H and O–H groups in total. The fraction of sp³-hybridized carbons (Fsp3) is 0. The molecule has 88 valence electrons. The molecule has 0 unspecified atom stereocenters. The molecule has 0 aliphatic rings. The molecule has 0 fully saturated rings. The van der Waals surface area contributed by atoms with Crippen LogP contribution >= 0.6 is 15.9 Å². The van der Waals surface area contributed by atoms with Gasteiger partial charge in [0.25, 0.3) is 0 Å². The van der Waals surface area contributed by atoms with E-state index in [2.05, 4.69) is 31.3 Å². The third-order valence-corrected chi connectivity index (χ3v) is 2.45. The lowest BCUT2D eigenvalue weighted by Crippen LogP contribution is -2.06. The maximum absolute atomic E-state index is 12.9. The average molecular weight is 301 g/mol. The summed E-state index contributed by atoms with van der Waals surface area (Å²) in [5.41, 5.74) is 0.658. The maximum atomic E-state index is 12.9. The SMILES string of the molecule is O=C(O)Nc1cn(-c2cncc(F)c2)nc1Br. The van der Waals surface area contributed by atoms with Gasteiger partial charge in [0, 0.05) is 6.07 Å². The van der Waals surface area contributed by atoms with E-state index in [-0.39, 0.29) is 5.69 Å².